The van der Waals surface area contributed by atoms with E-state index in [1.54, 1.807) is 0 Å². The van der Waals surface area contributed by atoms with Crippen molar-refractivity contribution < 1.29 is 9.53 Å². The number of carbonyl (C=O) groups is 1. The van der Waals surface area contributed by atoms with Gasteiger partial charge in [0.25, 0.3) is 0 Å². The van der Waals surface area contributed by atoms with Gasteiger partial charge in [0, 0.05) is 6.04 Å². The largest absolute Gasteiger partial charge is 0.466 e. The van der Waals surface area contributed by atoms with Gasteiger partial charge in [-0.05, 0) is 30.5 Å². The quantitative estimate of drug-likeness (QED) is 0.766. The molecule has 0 heterocycles. The van der Waals surface area contributed by atoms with Crippen LogP contribution >= 0.6 is 0 Å². The van der Waals surface area contributed by atoms with Gasteiger partial charge < -0.3 is 10.1 Å². The molecule has 0 radical (unpaired) electrons. The monoisotopic (exact) mass is 263 g/mol. The van der Waals surface area contributed by atoms with Crippen LogP contribution in [0.4, 0.5) is 0 Å². The Bertz CT molecular complexity index is 384. The lowest BCUT2D eigenvalue weighted by Gasteiger charge is -2.18. The average molecular weight is 263 g/mol. The van der Waals surface area contributed by atoms with Crippen molar-refractivity contribution in [2.45, 2.75) is 46.1 Å². The Labute approximate surface area is 116 Å². The van der Waals surface area contributed by atoms with E-state index in [4.69, 9.17) is 4.74 Å². The smallest absolute Gasteiger partial charge is 0.307 e. The van der Waals surface area contributed by atoms with Crippen molar-refractivity contribution in [1.29, 1.82) is 0 Å². The number of esters is 1. The number of carbonyl (C=O) groups excluding carboxylic acids is 1. The van der Waals surface area contributed by atoms with E-state index in [1.807, 2.05) is 13.8 Å². The molecule has 1 aromatic rings. The molecule has 0 aliphatic rings. The van der Waals surface area contributed by atoms with Crippen LogP contribution in [-0.4, -0.2) is 19.1 Å². The minimum atomic E-state index is -0.151. The molecule has 0 saturated heterocycles. The zero-order valence-corrected chi connectivity index (χ0v) is 12.4. The number of rotatable bonds is 7. The van der Waals surface area contributed by atoms with E-state index in [-0.39, 0.29) is 12.0 Å². The molecule has 1 rings (SSSR count). The number of nitrogens with one attached hydrogen (secondary N) is 1. The van der Waals surface area contributed by atoms with E-state index < -0.39 is 0 Å². The Balaban J connectivity index is 2.77. The summed E-state index contributed by atoms with van der Waals surface area (Å²) in [5.41, 5.74) is 2.45. The second-order valence-electron chi connectivity index (χ2n) is 4.94. The van der Waals surface area contributed by atoms with Crippen LogP contribution < -0.4 is 5.32 Å². The van der Waals surface area contributed by atoms with Gasteiger partial charge in [0.05, 0.1) is 13.0 Å². The zero-order chi connectivity index (χ0) is 14.3. The summed E-state index contributed by atoms with van der Waals surface area (Å²) in [6.07, 6.45) is 0.378. The van der Waals surface area contributed by atoms with Crippen molar-refractivity contribution in [3.8, 4) is 0 Å². The van der Waals surface area contributed by atoms with Crippen LogP contribution in [0.1, 0.15) is 57.2 Å². The molecule has 3 heteroatoms. The summed E-state index contributed by atoms with van der Waals surface area (Å²) >= 11 is 0. The van der Waals surface area contributed by atoms with Crippen molar-refractivity contribution in [2.24, 2.45) is 0 Å². The Morgan fingerprint density at radius 1 is 1.16 bits per heavy atom. The third-order valence-corrected chi connectivity index (χ3v) is 3.13. The van der Waals surface area contributed by atoms with Crippen LogP contribution in [0.3, 0.4) is 0 Å². The minimum Gasteiger partial charge on any atom is -0.466 e. The highest BCUT2D eigenvalue weighted by Crippen LogP contribution is 2.21. The number of ether oxygens (including phenoxy) is 1. The maximum atomic E-state index is 11.6. The topological polar surface area (TPSA) is 38.3 Å². The molecule has 1 aromatic carbocycles. The van der Waals surface area contributed by atoms with Gasteiger partial charge in [-0.25, -0.2) is 0 Å². The molecule has 0 fully saturated rings. The Hall–Kier alpha value is -1.35. The Kier molecular flexibility index (Phi) is 6.57. The minimum absolute atomic E-state index is 0.0327. The molecule has 0 aliphatic carbocycles. The number of hydrogen-bond acceptors (Lipinski definition) is 3. The predicted molar refractivity (Wildman–Crippen MR) is 78.2 cm³/mol. The Morgan fingerprint density at radius 3 is 2.21 bits per heavy atom. The summed E-state index contributed by atoms with van der Waals surface area (Å²) in [6.45, 7) is 9.49. The van der Waals surface area contributed by atoms with Crippen LogP contribution in [0.25, 0.3) is 0 Å². The highest BCUT2D eigenvalue weighted by molar-refractivity contribution is 5.70. The predicted octanol–water partition coefficient (Wildman–Crippen LogP) is 3.41. The van der Waals surface area contributed by atoms with Crippen molar-refractivity contribution in [2.75, 3.05) is 13.2 Å². The van der Waals surface area contributed by atoms with Gasteiger partial charge in [0.15, 0.2) is 0 Å². The summed E-state index contributed by atoms with van der Waals surface area (Å²) in [7, 11) is 0. The van der Waals surface area contributed by atoms with Crippen LogP contribution in [0, 0.1) is 0 Å². The van der Waals surface area contributed by atoms with Crippen LogP contribution in [0.5, 0.6) is 0 Å². The first-order valence-electron chi connectivity index (χ1n) is 7.07. The van der Waals surface area contributed by atoms with Crippen molar-refractivity contribution in [3.05, 3.63) is 35.4 Å². The lowest BCUT2D eigenvalue weighted by Crippen LogP contribution is -2.24. The van der Waals surface area contributed by atoms with E-state index >= 15 is 0 Å². The number of benzene rings is 1. The number of hydrogen-bond donors (Lipinski definition) is 1. The molecule has 3 nitrogen and oxygen atoms in total. The van der Waals surface area contributed by atoms with Gasteiger partial charge in [0.2, 0.25) is 0 Å². The fourth-order valence-electron chi connectivity index (χ4n) is 2.05. The van der Waals surface area contributed by atoms with Crippen LogP contribution in [-0.2, 0) is 9.53 Å². The van der Waals surface area contributed by atoms with Gasteiger partial charge in [-0.1, -0.05) is 45.0 Å². The second-order valence-corrected chi connectivity index (χ2v) is 4.94. The molecule has 19 heavy (non-hydrogen) atoms. The first-order chi connectivity index (χ1) is 9.08. The summed E-state index contributed by atoms with van der Waals surface area (Å²) in [4.78, 5) is 11.6. The molecule has 0 aliphatic heterocycles. The zero-order valence-electron chi connectivity index (χ0n) is 12.4. The van der Waals surface area contributed by atoms with Crippen molar-refractivity contribution in [3.63, 3.8) is 0 Å². The second kappa shape index (κ2) is 7.95. The van der Waals surface area contributed by atoms with Gasteiger partial charge in [0.1, 0.15) is 0 Å². The molecular formula is C16H25NO2. The van der Waals surface area contributed by atoms with Crippen molar-refractivity contribution >= 4 is 5.97 Å². The summed E-state index contributed by atoms with van der Waals surface area (Å²) < 4.78 is 5.02. The fraction of sp³-hybridized carbons (Fsp3) is 0.562. The molecule has 1 atom stereocenters. The molecule has 0 bridgehead atoms. The highest BCUT2D eigenvalue weighted by Gasteiger charge is 2.15. The molecule has 1 N–H and O–H groups in total. The lowest BCUT2D eigenvalue weighted by atomic mass is 9.98. The SMILES string of the molecule is CCNC(CC(=O)OCC)c1ccc(C(C)C)cc1. The molecule has 106 valence electrons. The van der Waals surface area contributed by atoms with E-state index in [0.717, 1.165) is 12.1 Å². The molecule has 0 aromatic heterocycles. The van der Waals surface area contributed by atoms with Gasteiger partial charge in [-0.2, -0.15) is 0 Å². The van der Waals surface area contributed by atoms with Crippen LogP contribution in [0.15, 0.2) is 24.3 Å². The standard InChI is InChI=1S/C16H25NO2/c1-5-17-15(11-16(18)19-6-2)14-9-7-13(8-10-14)12(3)4/h7-10,12,15,17H,5-6,11H2,1-4H3. The van der Waals surface area contributed by atoms with Crippen molar-refractivity contribution in [1.82, 2.24) is 5.32 Å². The van der Waals surface area contributed by atoms with E-state index in [9.17, 15) is 4.79 Å². The van der Waals surface area contributed by atoms with Crippen LogP contribution in [0.2, 0.25) is 0 Å². The normalized spacial score (nSPS) is 12.5. The first kappa shape index (κ1) is 15.7. The molecule has 0 amide bonds. The maximum Gasteiger partial charge on any atom is 0.307 e. The fourth-order valence-corrected chi connectivity index (χ4v) is 2.05. The summed E-state index contributed by atoms with van der Waals surface area (Å²) in [5.74, 6) is 0.373. The highest BCUT2D eigenvalue weighted by atomic mass is 16.5. The maximum absolute atomic E-state index is 11.6. The third-order valence-electron chi connectivity index (χ3n) is 3.13. The molecule has 1 unspecified atom stereocenters. The lowest BCUT2D eigenvalue weighted by molar-refractivity contribution is -0.143. The van der Waals surface area contributed by atoms with Gasteiger partial charge >= 0.3 is 5.97 Å². The summed E-state index contributed by atoms with van der Waals surface area (Å²) in [6, 6.07) is 8.50. The van der Waals surface area contributed by atoms with Gasteiger partial charge in [-0.3, -0.25) is 4.79 Å². The average Bonchev–Trinajstić information content (AvgIpc) is 2.38. The van der Waals surface area contributed by atoms with E-state index in [0.29, 0.717) is 18.9 Å². The van der Waals surface area contributed by atoms with E-state index in [2.05, 4.69) is 43.4 Å². The van der Waals surface area contributed by atoms with E-state index in [1.165, 1.54) is 5.56 Å². The molecular weight excluding hydrogens is 238 g/mol. The Morgan fingerprint density at radius 2 is 1.74 bits per heavy atom. The summed E-state index contributed by atoms with van der Waals surface area (Å²) in [5, 5.41) is 3.34. The third kappa shape index (κ3) is 5.03. The van der Waals surface area contributed by atoms with Gasteiger partial charge in [-0.15, -0.1) is 0 Å². The first-order valence-corrected chi connectivity index (χ1v) is 7.07. The molecule has 0 saturated carbocycles. The molecule has 0 spiro atoms.